The van der Waals surface area contributed by atoms with Gasteiger partial charge in [0.1, 0.15) is 18.2 Å². The summed E-state index contributed by atoms with van der Waals surface area (Å²) in [7, 11) is -1.97. The van der Waals surface area contributed by atoms with E-state index in [0.29, 0.717) is 66.3 Å². The molecule has 2 aliphatic heterocycles. The molecular formula is C25H39N3O7S. The average Bonchev–Trinajstić information content (AvgIpc) is 2.85. The second-order valence-electron chi connectivity index (χ2n) is 9.73. The molecule has 1 aromatic rings. The second-order valence-corrected chi connectivity index (χ2v) is 11.7. The summed E-state index contributed by atoms with van der Waals surface area (Å²) in [5.74, 6) is 1.43. The third-order valence-corrected chi connectivity index (χ3v) is 9.14. The van der Waals surface area contributed by atoms with Crippen molar-refractivity contribution in [3.05, 3.63) is 23.3 Å². The fourth-order valence-corrected chi connectivity index (χ4v) is 7.03. The van der Waals surface area contributed by atoms with Gasteiger partial charge in [0.15, 0.2) is 9.84 Å². The topological polar surface area (TPSA) is 125 Å². The highest BCUT2D eigenvalue weighted by atomic mass is 32.2. The maximum Gasteiger partial charge on any atom is 0.407 e. The van der Waals surface area contributed by atoms with E-state index in [1.807, 2.05) is 4.90 Å². The van der Waals surface area contributed by atoms with Gasteiger partial charge in [-0.15, -0.1) is 0 Å². The molecule has 2 fully saturated rings. The summed E-state index contributed by atoms with van der Waals surface area (Å²) < 4.78 is 36.2. The molecule has 0 radical (unpaired) electrons. The van der Waals surface area contributed by atoms with Crippen LogP contribution in [0.1, 0.15) is 36.8 Å². The molecule has 3 rings (SSSR count). The van der Waals surface area contributed by atoms with Gasteiger partial charge in [0.2, 0.25) is 5.91 Å². The molecule has 0 aromatic heterocycles. The first kappa shape index (κ1) is 28.2. The highest BCUT2D eigenvalue weighted by Gasteiger charge is 2.31. The van der Waals surface area contributed by atoms with Gasteiger partial charge in [-0.05, 0) is 74.6 Å². The standard InChI is InChI=1S/C25H39N3O7S/c1-18-14-22(34-3)15-19(2)24(18)36(32,33)17-26-8-13-35-16-23(29)27-9-4-20(5-10-27)21-6-11-28(12-7-21)25(30)31/h14-15,20-21,26H,4-13,16-17H2,1-3H3,(H,30,31). The predicted molar refractivity (Wildman–Crippen MR) is 135 cm³/mol. The van der Waals surface area contributed by atoms with Crippen LogP contribution in [0.5, 0.6) is 5.75 Å². The van der Waals surface area contributed by atoms with E-state index in [1.54, 1.807) is 33.1 Å². The zero-order valence-corrected chi connectivity index (χ0v) is 22.3. The van der Waals surface area contributed by atoms with Crippen molar-refractivity contribution >= 4 is 21.8 Å². The van der Waals surface area contributed by atoms with Gasteiger partial charge in [-0.1, -0.05) is 0 Å². The van der Waals surface area contributed by atoms with Crippen LogP contribution < -0.4 is 10.1 Å². The van der Waals surface area contributed by atoms with Gasteiger partial charge in [-0.2, -0.15) is 0 Å². The molecule has 0 spiro atoms. The molecule has 11 heteroatoms. The van der Waals surface area contributed by atoms with Crippen LogP contribution in [0.15, 0.2) is 17.0 Å². The smallest absolute Gasteiger partial charge is 0.407 e. The number of sulfone groups is 1. The Morgan fingerprint density at radius 3 is 2.03 bits per heavy atom. The van der Waals surface area contributed by atoms with Crippen molar-refractivity contribution in [3.63, 3.8) is 0 Å². The van der Waals surface area contributed by atoms with Crippen LogP contribution in [0.4, 0.5) is 4.79 Å². The Morgan fingerprint density at radius 1 is 1.00 bits per heavy atom. The van der Waals surface area contributed by atoms with E-state index in [1.165, 1.54) is 4.90 Å². The maximum atomic E-state index is 12.8. The van der Waals surface area contributed by atoms with Crippen LogP contribution in [-0.4, -0.2) is 94.2 Å². The van der Waals surface area contributed by atoms with E-state index in [9.17, 15) is 18.0 Å². The molecule has 2 heterocycles. The summed E-state index contributed by atoms with van der Waals surface area (Å²) in [6.07, 6.45) is 2.83. The molecule has 2 amide bonds. The Bertz CT molecular complexity index is 991. The Morgan fingerprint density at radius 2 is 1.53 bits per heavy atom. The number of nitrogens with one attached hydrogen (secondary N) is 1. The highest BCUT2D eigenvalue weighted by molar-refractivity contribution is 7.91. The molecule has 2 N–H and O–H groups in total. The number of nitrogens with zero attached hydrogens (tertiary/aromatic N) is 2. The number of amides is 2. The zero-order valence-electron chi connectivity index (χ0n) is 21.5. The summed E-state index contributed by atoms with van der Waals surface area (Å²) >= 11 is 0. The number of hydrogen-bond donors (Lipinski definition) is 2. The molecule has 202 valence electrons. The third-order valence-electron chi connectivity index (χ3n) is 7.29. The van der Waals surface area contributed by atoms with E-state index in [-0.39, 0.29) is 25.0 Å². The number of rotatable bonds is 10. The van der Waals surface area contributed by atoms with Gasteiger partial charge in [-0.25, -0.2) is 13.2 Å². The molecule has 0 saturated carbocycles. The van der Waals surface area contributed by atoms with Crippen molar-refractivity contribution < 1.29 is 32.6 Å². The zero-order chi connectivity index (χ0) is 26.3. The SMILES string of the molecule is COc1cc(C)c(S(=O)(=O)CNCCOCC(=O)N2CCC(C3CCN(C(=O)O)CC3)CC2)c(C)c1. The van der Waals surface area contributed by atoms with Crippen LogP contribution in [-0.2, 0) is 19.4 Å². The number of carbonyl (C=O) groups is 2. The van der Waals surface area contributed by atoms with E-state index in [0.717, 1.165) is 25.7 Å². The Kier molecular flexibility index (Phi) is 9.98. The summed E-state index contributed by atoms with van der Waals surface area (Å²) in [5, 5.41) is 12.0. The first-order valence-electron chi connectivity index (χ1n) is 12.5. The number of ether oxygens (including phenoxy) is 2. The van der Waals surface area contributed by atoms with Gasteiger partial charge >= 0.3 is 6.09 Å². The largest absolute Gasteiger partial charge is 0.497 e. The number of hydrogen-bond acceptors (Lipinski definition) is 7. The number of carbonyl (C=O) groups excluding carboxylic acids is 1. The fraction of sp³-hybridized carbons (Fsp3) is 0.680. The molecule has 2 aliphatic rings. The monoisotopic (exact) mass is 525 g/mol. The lowest BCUT2D eigenvalue weighted by atomic mass is 9.79. The van der Waals surface area contributed by atoms with Gasteiger partial charge in [0, 0.05) is 32.7 Å². The summed E-state index contributed by atoms with van der Waals surface area (Å²) in [4.78, 5) is 27.2. The fourth-order valence-electron chi connectivity index (χ4n) is 5.38. The van der Waals surface area contributed by atoms with Crippen molar-refractivity contribution in [2.75, 3.05) is 58.9 Å². The molecule has 0 aliphatic carbocycles. The normalized spacial score (nSPS) is 17.9. The molecule has 1 aromatic carbocycles. The van der Waals surface area contributed by atoms with Crippen molar-refractivity contribution in [2.45, 2.75) is 44.4 Å². The number of piperidine rings is 2. The van der Waals surface area contributed by atoms with Gasteiger partial charge in [-0.3, -0.25) is 4.79 Å². The Hall–Kier alpha value is -2.37. The molecule has 10 nitrogen and oxygen atoms in total. The molecule has 36 heavy (non-hydrogen) atoms. The van der Waals surface area contributed by atoms with Crippen molar-refractivity contribution in [3.8, 4) is 5.75 Å². The molecule has 0 bridgehead atoms. The van der Waals surface area contributed by atoms with E-state index in [4.69, 9.17) is 14.6 Å². The predicted octanol–water partition coefficient (Wildman–Crippen LogP) is 2.28. The lowest BCUT2D eigenvalue weighted by Gasteiger charge is -2.39. The van der Waals surface area contributed by atoms with Crippen molar-refractivity contribution in [1.82, 2.24) is 15.1 Å². The van der Waals surface area contributed by atoms with Gasteiger partial charge in [0.25, 0.3) is 0 Å². The second kappa shape index (κ2) is 12.7. The van der Waals surface area contributed by atoms with Crippen LogP contribution in [0, 0.1) is 25.7 Å². The van der Waals surface area contributed by atoms with Crippen molar-refractivity contribution in [1.29, 1.82) is 0 Å². The molecular weight excluding hydrogens is 486 g/mol. The summed E-state index contributed by atoms with van der Waals surface area (Å²) in [6.45, 7) is 6.63. The number of methoxy groups -OCH3 is 1. The average molecular weight is 526 g/mol. The number of likely N-dealkylation sites (tertiary alicyclic amines) is 2. The number of carboxylic acid groups (broad SMARTS) is 1. The van der Waals surface area contributed by atoms with Crippen molar-refractivity contribution in [2.24, 2.45) is 11.8 Å². The van der Waals surface area contributed by atoms with E-state index < -0.39 is 15.9 Å². The summed E-state index contributed by atoms with van der Waals surface area (Å²) in [5.41, 5.74) is 1.29. The van der Waals surface area contributed by atoms with E-state index in [2.05, 4.69) is 5.32 Å². The molecule has 0 atom stereocenters. The Balaban J connectivity index is 1.32. The lowest BCUT2D eigenvalue weighted by Crippen LogP contribution is -2.44. The minimum Gasteiger partial charge on any atom is -0.497 e. The van der Waals surface area contributed by atoms with E-state index >= 15 is 0 Å². The van der Waals surface area contributed by atoms with Crippen LogP contribution >= 0.6 is 0 Å². The quantitative estimate of drug-likeness (QED) is 0.446. The maximum absolute atomic E-state index is 12.8. The Labute approximate surface area is 213 Å². The van der Waals surface area contributed by atoms with Gasteiger partial charge < -0.3 is 29.7 Å². The number of benzene rings is 1. The third kappa shape index (κ3) is 7.33. The first-order chi connectivity index (χ1) is 17.1. The van der Waals surface area contributed by atoms with Gasteiger partial charge in [0.05, 0.1) is 18.6 Å². The minimum atomic E-state index is -3.52. The summed E-state index contributed by atoms with van der Waals surface area (Å²) in [6, 6.07) is 3.42. The first-order valence-corrected chi connectivity index (χ1v) is 14.2. The van der Waals surface area contributed by atoms with Crippen LogP contribution in [0.2, 0.25) is 0 Å². The van der Waals surface area contributed by atoms with Crippen LogP contribution in [0.25, 0.3) is 0 Å². The van der Waals surface area contributed by atoms with Crippen LogP contribution in [0.3, 0.4) is 0 Å². The molecule has 0 unspecified atom stereocenters. The highest BCUT2D eigenvalue weighted by Crippen LogP contribution is 2.32. The number of aryl methyl sites for hydroxylation is 2. The lowest BCUT2D eigenvalue weighted by molar-refractivity contribution is -0.137. The molecule has 2 saturated heterocycles. The minimum absolute atomic E-state index is 0.0210.